The molecule has 4 aromatic carbocycles. The minimum absolute atomic E-state index is 0.00484. The molecular formula is C33H38O9. The van der Waals surface area contributed by atoms with E-state index in [0.717, 1.165) is 6.92 Å². The van der Waals surface area contributed by atoms with Crippen molar-refractivity contribution in [2.45, 2.75) is 67.2 Å². The molecule has 9 heteroatoms. The summed E-state index contributed by atoms with van der Waals surface area (Å²) in [6, 6.07) is 4.91. The van der Waals surface area contributed by atoms with Crippen molar-refractivity contribution in [2.75, 3.05) is 6.61 Å². The van der Waals surface area contributed by atoms with E-state index in [1.165, 1.54) is 6.07 Å². The Hall–Kier alpha value is -4.66. The zero-order chi connectivity index (χ0) is 31.8. The summed E-state index contributed by atoms with van der Waals surface area (Å²) < 4.78 is 5.66. The van der Waals surface area contributed by atoms with Gasteiger partial charge in [-0.3, -0.25) is 9.59 Å². The summed E-state index contributed by atoms with van der Waals surface area (Å²) in [7, 11) is 0. The van der Waals surface area contributed by atoms with Crippen LogP contribution in [0.2, 0.25) is 0 Å². The Bertz CT molecular complexity index is 1710. The van der Waals surface area contributed by atoms with E-state index in [9.17, 15) is 30.3 Å². The Kier molecular flexibility index (Phi) is 9.15. The number of carboxylic acids is 1. The zero-order valence-electron chi connectivity index (χ0n) is 25.1. The largest absolute Gasteiger partial charge is 0.507 e. The molecule has 4 aromatic rings. The van der Waals surface area contributed by atoms with E-state index in [1.807, 2.05) is 33.8 Å². The van der Waals surface area contributed by atoms with Gasteiger partial charge in [-0.25, -0.2) is 0 Å². The predicted octanol–water partition coefficient (Wildman–Crippen LogP) is 7.35. The van der Waals surface area contributed by atoms with Gasteiger partial charge in [0.15, 0.2) is 29.3 Å². The van der Waals surface area contributed by atoms with Crippen molar-refractivity contribution >= 4 is 33.8 Å². The average Bonchev–Trinajstić information content (AvgIpc) is 2.87. The normalized spacial score (nSPS) is 11.2. The average molecular weight is 579 g/mol. The summed E-state index contributed by atoms with van der Waals surface area (Å²) in [6.45, 7) is 14.2. The summed E-state index contributed by atoms with van der Waals surface area (Å²) in [4.78, 5) is 21.3. The molecule has 0 aromatic heterocycles. The first-order valence-corrected chi connectivity index (χ1v) is 13.6. The number of phenols is 5. The van der Waals surface area contributed by atoms with Gasteiger partial charge in [-0.05, 0) is 60.6 Å². The molecule has 0 aliphatic heterocycles. The molecule has 0 unspecified atom stereocenters. The van der Waals surface area contributed by atoms with E-state index < -0.39 is 5.97 Å². The number of aldehydes is 1. The Morgan fingerprint density at radius 1 is 0.786 bits per heavy atom. The molecule has 0 aliphatic rings. The van der Waals surface area contributed by atoms with Crippen molar-refractivity contribution in [1.29, 1.82) is 0 Å². The molecule has 9 nitrogen and oxygen atoms in total. The smallest absolute Gasteiger partial charge is 0.300 e. The van der Waals surface area contributed by atoms with E-state index >= 15 is 0 Å². The summed E-state index contributed by atoms with van der Waals surface area (Å²) >= 11 is 0. The number of ether oxygens (including phenoxy) is 1. The molecule has 0 spiro atoms. The predicted molar refractivity (Wildman–Crippen MR) is 163 cm³/mol. The number of hydrogen-bond acceptors (Lipinski definition) is 8. The standard InChI is InChI=1S/C31H34O7.C2H4O2/c1-8-38-31-20(12-32)26-19(23(14(4)5)30(31)37)10-16(7)25(29(26)36)24-15(6)9-17-18(27(24)34)11-21(33)28(35)22(17)13(2)3;1-2(3)4/h9-14,33-37H,8H2,1-7H3;1H3,(H,3,4). The van der Waals surface area contributed by atoms with Crippen LogP contribution in [0.15, 0.2) is 18.2 Å². The Morgan fingerprint density at radius 2 is 1.26 bits per heavy atom. The molecule has 0 bridgehead atoms. The first-order valence-electron chi connectivity index (χ1n) is 13.6. The quantitative estimate of drug-likeness (QED) is 0.101. The van der Waals surface area contributed by atoms with Crippen LogP contribution in [0.1, 0.15) is 86.0 Å². The maximum Gasteiger partial charge on any atom is 0.300 e. The van der Waals surface area contributed by atoms with Gasteiger partial charge in [-0.2, -0.15) is 0 Å². The highest BCUT2D eigenvalue weighted by atomic mass is 16.5. The summed E-state index contributed by atoms with van der Waals surface area (Å²) in [5.41, 5.74) is 2.96. The van der Waals surface area contributed by atoms with Crippen molar-refractivity contribution in [1.82, 2.24) is 0 Å². The second-order valence-electron chi connectivity index (χ2n) is 10.9. The molecule has 0 aliphatic carbocycles. The van der Waals surface area contributed by atoms with Crippen molar-refractivity contribution in [3.63, 3.8) is 0 Å². The number of carbonyl (C=O) groups is 2. The van der Waals surface area contributed by atoms with Gasteiger partial charge >= 0.3 is 0 Å². The number of aliphatic carboxylic acids is 1. The Balaban J connectivity index is 0.00000114. The zero-order valence-corrected chi connectivity index (χ0v) is 25.1. The highest BCUT2D eigenvalue weighted by Crippen LogP contribution is 2.53. The van der Waals surface area contributed by atoms with Crippen LogP contribution in [0.5, 0.6) is 34.5 Å². The fraction of sp³-hybridized carbons (Fsp3) is 0.333. The third-order valence-electron chi connectivity index (χ3n) is 7.19. The SMILES string of the molecule is CC(=O)O.CCOc1c(O)c(C(C)C)c2cc(C)c(-c3c(C)cc4c(C(C)C)c(O)c(O)cc4c3O)c(O)c2c1C=O. The molecule has 0 radical (unpaired) electrons. The molecule has 0 saturated heterocycles. The van der Waals surface area contributed by atoms with Crippen LogP contribution < -0.4 is 4.74 Å². The van der Waals surface area contributed by atoms with Crippen molar-refractivity contribution < 1.29 is 45.0 Å². The number of carbonyl (C=O) groups excluding carboxylic acids is 1. The number of aromatic hydroxyl groups is 5. The second-order valence-corrected chi connectivity index (χ2v) is 10.9. The number of aryl methyl sites for hydroxylation is 2. The van der Waals surface area contributed by atoms with Crippen molar-refractivity contribution in [3.05, 3.63) is 46.0 Å². The number of rotatable bonds is 6. The molecule has 224 valence electrons. The highest BCUT2D eigenvalue weighted by Gasteiger charge is 2.28. The first kappa shape index (κ1) is 31.9. The molecular weight excluding hydrogens is 540 g/mol. The second kappa shape index (κ2) is 12.1. The molecule has 0 amide bonds. The fourth-order valence-corrected chi connectivity index (χ4v) is 5.63. The maximum atomic E-state index is 12.3. The number of carboxylic acid groups (broad SMARTS) is 1. The molecule has 0 atom stereocenters. The van der Waals surface area contributed by atoms with Crippen molar-refractivity contribution in [2.24, 2.45) is 0 Å². The van der Waals surface area contributed by atoms with Crippen molar-refractivity contribution in [3.8, 4) is 45.6 Å². The summed E-state index contributed by atoms with van der Waals surface area (Å²) in [5.74, 6) is -2.24. The third-order valence-corrected chi connectivity index (χ3v) is 7.19. The van der Waals surface area contributed by atoms with E-state index in [-0.39, 0.29) is 63.9 Å². The van der Waals surface area contributed by atoms with E-state index in [4.69, 9.17) is 14.6 Å². The van der Waals surface area contributed by atoms with Gasteiger partial charge in [-0.15, -0.1) is 0 Å². The maximum absolute atomic E-state index is 12.3. The minimum Gasteiger partial charge on any atom is -0.507 e. The summed E-state index contributed by atoms with van der Waals surface area (Å²) in [6.07, 6.45) is 0.554. The molecule has 42 heavy (non-hydrogen) atoms. The first-order chi connectivity index (χ1) is 19.6. The Morgan fingerprint density at radius 3 is 1.74 bits per heavy atom. The van der Waals surface area contributed by atoms with E-state index in [1.54, 1.807) is 26.8 Å². The van der Waals surface area contributed by atoms with Crippen LogP contribution in [0.3, 0.4) is 0 Å². The van der Waals surface area contributed by atoms with E-state index in [0.29, 0.717) is 55.8 Å². The fourth-order valence-electron chi connectivity index (χ4n) is 5.63. The van der Waals surface area contributed by atoms with Gasteiger partial charge < -0.3 is 35.4 Å². The van der Waals surface area contributed by atoms with Gasteiger partial charge in [0.25, 0.3) is 5.97 Å². The number of phenolic OH excluding ortho intramolecular Hbond substituents is 5. The van der Waals surface area contributed by atoms with Crippen LogP contribution >= 0.6 is 0 Å². The lowest BCUT2D eigenvalue weighted by Gasteiger charge is -2.23. The van der Waals surface area contributed by atoms with Gasteiger partial charge in [0.1, 0.15) is 11.5 Å². The monoisotopic (exact) mass is 578 g/mol. The lowest BCUT2D eigenvalue weighted by atomic mass is 9.84. The Labute approximate surface area is 244 Å². The number of benzene rings is 4. The lowest BCUT2D eigenvalue weighted by molar-refractivity contribution is -0.134. The third kappa shape index (κ3) is 5.34. The molecule has 0 saturated carbocycles. The number of fused-ring (bicyclic) bond motifs is 2. The highest BCUT2D eigenvalue weighted by molar-refractivity contribution is 6.12. The number of hydrogen-bond donors (Lipinski definition) is 6. The molecule has 4 rings (SSSR count). The van der Waals surface area contributed by atoms with Gasteiger partial charge in [0, 0.05) is 39.9 Å². The topological polar surface area (TPSA) is 165 Å². The lowest BCUT2D eigenvalue weighted by Crippen LogP contribution is -2.03. The summed E-state index contributed by atoms with van der Waals surface area (Å²) in [5, 5.41) is 64.4. The van der Waals surface area contributed by atoms with Crippen LogP contribution in [-0.4, -0.2) is 49.5 Å². The minimum atomic E-state index is -0.833. The van der Waals surface area contributed by atoms with Gasteiger partial charge in [-0.1, -0.05) is 39.8 Å². The van der Waals surface area contributed by atoms with E-state index in [2.05, 4.69) is 0 Å². The molecule has 0 heterocycles. The van der Waals surface area contributed by atoms with Crippen LogP contribution in [0.4, 0.5) is 0 Å². The van der Waals surface area contributed by atoms with Crippen LogP contribution in [0.25, 0.3) is 32.7 Å². The van der Waals surface area contributed by atoms with Crippen LogP contribution in [-0.2, 0) is 4.79 Å². The van der Waals surface area contributed by atoms with Gasteiger partial charge in [0.05, 0.1) is 12.2 Å². The van der Waals surface area contributed by atoms with Crippen LogP contribution in [0, 0.1) is 13.8 Å². The molecule has 0 fully saturated rings. The van der Waals surface area contributed by atoms with Gasteiger partial charge in [0.2, 0.25) is 0 Å². The molecule has 6 N–H and O–H groups in total.